The van der Waals surface area contributed by atoms with Gasteiger partial charge in [0.25, 0.3) is 0 Å². The van der Waals surface area contributed by atoms with E-state index < -0.39 is 35.4 Å². The van der Waals surface area contributed by atoms with Crippen LogP contribution in [0.4, 0.5) is 0 Å². The minimum absolute atomic E-state index is 0.0129. The molecule has 0 bridgehead atoms. The largest absolute Gasteiger partial charge is 0.670 e. The maximum Gasteiger partial charge on any atom is 0.164 e. The Kier molecular flexibility index (Phi) is 14.6. The number of fused-ring (bicyclic) bond motifs is 2. The van der Waals surface area contributed by atoms with Crippen molar-refractivity contribution in [3.05, 3.63) is 147 Å². The molecule has 2 aliphatic rings. The molecule has 0 amide bonds. The van der Waals surface area contributed by atoms with Crippen LogP contribution in [0.25, 0.3) is 10.8 Å². The standard InChI is InChI=1S/C53H59N2O9S2/c1-5-33-10-11-34-7-6-8-40-46(28-56)66-65-29-37-22-47(60)53(25-30-9-13-43(58)45(20-30)63-3,38-18-32(26-54-2)19-39(57)23-38)52(62)49(37)50(61)36(17-31-15-16-55-27-31)21-35-12-14-44(59)51(64-4)42(35)24-41(33)48(34)40/h6-16,18-20,23,27,36-37,46-47,49-50,54,56-61H,5,17,21-22,24-26,28-29H2,1-4H3/q-1/t36-,37+,46+,47-,49-,50+,53-/m1/s1. The molecule has 0 spiro atoms. The molecule has 0 radical (unpaired) electrons. The van der Waals surface area contributed by atoms with Crippen LogP contribution in [0, 0.1) is 17.8 Å². The number of Topliss-reactive ketones (excluding diaryl/α,β-unsaturated/α-hetero) is 1. The van der Waals surface area contributed by atoms with Crippen molar-refractivity contribution in [2.24, 2.45) is 17.8 Å². The second-order valence-electron chi connectivity index (χ2n) is 17.8. The van der Waals surface area contributed by atoms with E-state index in [1.165, 1.54) is 34.8 Å². The fraction of sp³-hybridized carbons (Fsp3) is 0.377. The van der Waals surface area contributed by atoms with Gasteiger partial charge >= 0.3 is 0 Å². The highest BCUT2D eigenvalue weighted by Crippen LogP contribution is 2.52. The van der Waals surface area contributed by atoms with E-state index in [0.717, 1.165) is 50.6 Å². The monoisotopic (exact) mass is 931 g/mol. The summed E-state index contributed by atoms with van der Waals surface area (Å²) in [6, 6.07) is 25.7. The van der Waals surface area contributed by atoms with Gasteiger partial charge in [0.05, 0.1) is 43.7 Å². The number of aryl methyl sites for hydroxylation is 1. The number of aromatic hydroxyl groups is 3. The van der Waals surface area contributed by atoms with Gasteiger partial charge in [-0.1, -0.05) is 88.7 Å². The number of hydrogen-bond donors (Lipinski definition) is 7. The first-order valence-corrected chi connectivity index (χ1v) is 24.9. The molecule has 6 aromatic rings. The topological polar surface area (TPSA) is 183 Å². The number of ether oxygens (including phenoxy) is 2. The Labute approximate surface area is 394 Å². The zero-order valence-corrected chi connectivity index (χ0v) is 39.4. The van der Waals surface area contributed by atoms with Gasteiger partial charge in [-0.2, -0.15) is 12.4 Å². The van der Waals surface area contributed by atoms with Gasteiger partial charge < -0.3 is 50.4 Å². The van der Waals surface area contributed by atoms with Crippen molar-refractivity contribution in [3.63, 3.8) is 0 Å². The molecule has 7 atom stereocenters. The van der Waals surface area contributed by atoms with E-state index in [-0.39, 0.29) is 53.5 Å². The van der Waals surface area contributed by atoms with E-state index in [1.54, 1.807) is 56.9 Å². The van der Waals surface area contributed by atoms with Gasteiger partial charge in [0.15, 0.2) is 28.8 Å². The van der Waals surface area contributed by atoms with Crippen LogP contribution in [0.5, 0.6) is 28.7 Å². The van der Waals surface area contributed by atoms with E-state index in [1.807, 2.05) is 24.3 Å². The molecule has 8 rings (SSSR count). The van der Waals surface area contributed by atoms with E-state index in [4.69, 9.17) is 9.47 Å². The highest BCUT2D eigenvalue weighted by Gasteiger charge is 2.57. The molecule has 7 N–H and O–H groups in total. The van der Waals surface area contributed by atoms with Gasteiger partial charge in [0.2, 0.25) is 0 Å². The maximum absolute atomic E-state index is 16.3. The molecule has 11 nitrogen and oxygen atoms in total. The lowest BCUT2D eigenvalue weighted by atomic mass is 9.55. The molecule has 1 aliphatic carbocycles. The number of carbonyl (C=O) groups excluding carboxylic acids is 1. The summed E-state index contributed by atoms with van der Waals surface area (Å²) in [4.78, 5) is 20.6. The highest BCUT2D eigenvalue weighted by molar-refractivity contribution is 8.76. The van der Waals surface area contributed by atoms with Crippen molar-refractivity contribution < 1.29 is 44.9 Å². The molecule has 348 valence electrons. The van der Waals surface area contributed by atoms with Crippen molar-refractivity contribution >= 4 is 38.1 Å². The molecule has 0 unspecified atom stereocenters. The molecule has 1 aromatic heterocycles. The third kappa shape index (κ3) is 9.13. The number of nitrogens with zero attached hydrogens (tertiary/aromatic N) is 1. The van der Waals surface area contributed by atoms with Gasteiger partial charge in [0, 0.05) is 30.2 Å². The molecule has 13 heteroatoms. The number of ketones is 1. The summed E-state index contributed by atoms with van der Waals surface area (Å²) in [5.74, 6) is -1.71. The molecule has 5 aromatic carbocycles. The van der Waals surface area contributed by atoms with Gasteiger partial charge in [0.1, 0.15) is 5.75 Å². The van der Waals surface area contributed by atoms with Crippen LogP contribution < -0.4 is 19.8 Å². The molecule has 2 heterocycles. The maximum atomic E-state index is 16.3. The minimum Gasteiger partial charge on any atom is -0.670 e. The number of methoxy groups -OCH3 is 2. The molecule has 0 saturated heterocycles. The highest BCUT2D eigenvalue weighted by atomic mass is 33.1. The summed E-state index contributed by atoms with van der Waals surface area (Å²) in [7, 11) is 7.82. The number of phenolic OH excluding ortho intramolecular Hbond substituents is 3. The normalized spacial score (nSPS) is 23.7. The summed E-state index contributed by atoms with van der Waals surface area (Å²) in [6.45, 7) is 2.34. The van der Waals surface area contributed by atoms with E-state index in [9.17, 15) is 30.6 Å². The van der Waals surface area contributed by atoms with Gasteiger partial charge in [-0.15, -0.1) is 0 Å². The van der Waals surface area contributed by atoms with Crippen LogP contribution >= 0.6 is 21.6 Å². The number of carbonyl (C=O) groups is 1. The van der Waals surface area contributed by atoms with Gasteiger partial charge in [-0.05, 0) is 131 Å². The average Bonchev–Trinajstić information content (AvgIpc) is 3.83. The Hall–Kier alpha value is -5.15. The Balaban J connectivity index is 1.35. The number of benzene rings is 5. The van der Waals surface area contributed by atoms with Crippen molar-refractivity contribution in [1.29, 1.82) is 0 Å². The third-order valence-electron chi connectivity index (χ3n) is 13.9. The van der Waals surface area contributed by atoms with Crippen LogP contribution in [0.1, 0.15) is 68.7 Å². The number of aliphatic hydroxyl groups excluding tert-OH is 3. The number of phenols is 3. The van der Waals surface area contributed by atoms with Crippen molar-refractivity contribution in [2.45, 2.75) is 74.9 Å². The molecule has 1 fully saturated rings. The lowest BCUT2D eigenvalue weighted by molar-refractivity contribution is -0.149. The summed E-state index contributed by atoms with van der Waals surface area (Å²) >= 11 is 0. The zero-order chi connectivity index (χ0) is 46.7. The molecule has 1 aliphatic heterocycles. The van der Waals surface area contributed by atoms with Crippen LogP contribution in [-0.4, -0.2) is 82.3 Å². The summed E-state index contributed by atoms with van der Waals surface area (Å²) in [6.07, 6.45) is 2.90. The fourth-order valence-corrected chi connectivity index (χ4v) is 13.6. The lowest BCUT2D eigenvalue weighted by Crippen LogP contribution is -2.61. The average molecular weight is 932 g/mol. The summed E-state index contributed by atoms with van der Waals surface area (Å²) in [5, 5.41) is 75.3. The van der Waals surface area contributed by atoms with Gasteiger partial charge in [-0.25, -0.2) is 0 Å². The van der Waals surface area contributed by atoms with Crippen molar-refractivity contribution in [1.82, 2.24) is 10.3 Å². The van der Waals surface area contributed by atoms with Crippen LogP contribution in [0.3, 0.4) is 0 Å². The summed E-state index contributed by atoms with van der Waals surface area (Å²) < 4.78 is 11.5. The second-order valence-corrected chi connectivity index (χ2v) is 20.4. The Morgan fingerprint density at radius 2 is 1.71 bits per heavy atom. The second kappa shape index (κ2) is 20.4. The van der Waals surface area contributed by atoms with Crippen LogP contribution in [-0.2, 0) is 48.9 Å². The summed E-state index contributed by atoms with van der Waals surface area (Å²) in [5.41, 5.74) is 5.73. The van der Waals surface area contributed by atoms with Gasteiger partial charge in [-0.3, -0.25) is 4.79 Å². The molecule has 1 saturated carbocycles. The first-order valence-electron chi connectivity index (χ1n) is 22.5. The quantitative estimate of drug-likeness (QED) is 0.0628. The smallest absolute Gasteiger partial charge is 0.164 e. The number of nitrogens with one attached hydrogen (secondary N) is 1. The SMILES string of the molecule is CCc1ccc2cccc3c2c1Cc1c(ccc(O)c1OC)C[C@@H](Cc1cc[n-]c1)[C@H](O)[C@@H]1C(=O)[C@](Cc2ccc(O)c(OC)c2)(c2cc(O)cc(CNC)c2)[C@H](O)C[C@H]1CSS[C@H]3CO. The zero-order valence-electron chi connectivity index (χ0n) is 37.7. The van der Waals surface area contributed by atoms with Crippen molar-refractivity contribution in [3.8, 4) is 28.7 Å². The number of aliphatic hydroxyl groups is 3. The minimum atomic E-state index is -1.66. The number of aromatic nitrogens is 1. The Morgan fingerprint density at radius 3 is 2.44 bits per heavy atom. The lowest BCUT2D eigenvalue weighted by Gasteiger charge is -2.49. The van der Waals surface area contributed by atoms with E-state index in [0.29, 0.717) is 54.0 Å². The predicted molar refractivity (Wildman–Crippen MR) is 261 cm³/mol. The number of hydrogen-bond acceptors (Lipinski definition) is 12. The number of rotatable bonds is 11. The fourth-order valence-electron chi connectivity index (χ4n) is 10.7. The Morgan fingerprint density at radius 1 is 0.894 bits per heavy atom. The molecular formula is C53H59N2O9S2-. The predicted octanol–water partition coefficient (Wildman–Crippen LogP) is 7.74. The van der Waals surface area contributed by atoms with Crippen LogP contribution in [0.2, 0.25) is 0 Å². The molecular weight excluding hydrogens is 873 g/mol. The third-order valence-corrected chi connectivity index (χ3v) is 16.8. The van der Waals surface area contributed by atoms with Crippen molar-refractivity contribution in [2.75, 3.05) is 33.6 Å². The van der Waals surface area contributed by atoms with Crippen LogP contribution in [0.15, 0.2) is 97.3 Å². The van der Waals surface area contributed by atoms with E-state index in [2.05, 4.69) is 41.5 Å². The Bertz CT molecular complexity index is 2670. The first-order chi connectivity index (χ1) is 31.9. The first kappa shape index (κ1) is 47.3. The van der Waals surface area contributed by atoms with E-state index >= 15 is 4.79 Å². The molecule has 66 heavy (non-hydrogen) atoms.